The maximum atomic E-state index is 8.96. The lowest BCUT2D eigenvalue weighted by Gasteiger charge is -2.25. The number of nitriles is 1. The van der Waals surface area contributed by atoms with Crippen molar-refractivity contribution in [3.8, 4) is 6.07 Å². The molecule has 0 saturated carbocycles. The normalized spacial score (nSPS) is 34.8. The molecule has 1 aliphatic rings. The minimum Gasteiger partial charge on any atom is -0.357 e. The smallest absolute Gasteiger partial charge is 0.160 e. The number of ether oxygens (including phenoxy) is 2. The van der Waals surface area contributed by atoms with Gasteiger partial charge in [0.05, 0.1) is 12.7 Å². The van der Waals surface area contributed by atoms with Gasteiger partial charge in [0.1, 0.15) is 0 Å². The van der Waals surface area contributed by atoms with Gasteiger partial charge in [-0.05, 0) is 19.3 Å². The molecule has 0 aliphatic carbocycles. The average molecular weight is 197 g/mol. The van der Waals surface area contributed by atoms with Crippen LogP contribution >= 0.6 is 0 Å². The molecule has 0 N–H and O–H groups in total. The molecule has 1 aliphatic heterocycles. The Morgan fingerprint density at radius 3 is 2.86 bits per heavy atom. The second kappa shape index (κ2) is 5.03. The van der Waals surface area contributed by atoms with Gasteiger partial charge in [-0.25, -0.2) is 0 Å². The molecule has 0 amide bonds. The summed E-state index contributed by atoms with van der Waals surface area (Å²) < 4.78 is 10.6. The highest BCUT2D eigenvalue weighted by Gasteiger charge is 2.27. The summed E-state index contributed by atoms with van der Waals surface area (Å²) in [5, 5.41) is 16.4. The Morgan fingerprint density at radius 2 is 2.14 bits per heavy atom. The summed E-state index contributed by atoms with van der Waals surface area (Å²) in [6.45, 7) is 4.77. The van der Waals surface area contributed by atoms with Crippen molar-refractivity contribution >= 4 is 0 Å². The Morgan fingerprint density at radius 1 is 1.43 bits per heavy atom. The Labute approximate surface area is 83.7 Å². The van der Waals surface area contributed by atoms with Crippen molar-refractivity contribution in [3.63, 3.8) is 0 Å². The van der Waals surface area contributed by atoms with E-state index in [0.717, 1.165) is 0 Å². The SMILES string of the molecule is CC1COCN=NCOC(C)(C#N)C1. The van der Waals surface area contributed by atoms with Crippen LogP contribution in [-0.4, -0.2) is 25.7 Å². The third kappa shape index (κ3) is 3.40. The molecule has 1 rings (SSSR count). The van der Waals surface area contributed by atoms with Crippen LogP contribution in [0.15, 0.2) is 10.2 Å². The van der Waals surface area contributed by atoms with E-state index in [4.69, 9.17) is 14.7 Å². The standard InChI is InChI=1S/C9H15N3O2/c1-8-3-9(2,5-10)14-7-12-11-6-13-4-8/h8H,3-4,6-7H2,1-2H3. The molecule has 2 atom stereocenters. The molecule has 5 nitrogen and oxygen atoms in total. The van der Waals surface area contributed by atoms with Crippen LogP contribution < -0.4 is 0 Å². The van der Waals surface area contributed by atoms with E-state index >= 15 is 0 Å². The van der Waals surface area contributed by atoms with Crippen LogP contribution in [0.5, 0.6) is 0 Å². The molecule has 5 heteroatoms. The molecule has 0 radical (unpaired) electrons. The highest BCUT2D eigenvalue weighted by molar-refractivity contribution is 4.99. The van der Waals surface area contributed by atoms with Crippen molar-refractivity contribution < 1.29 is 9.47 Å². The molecular weight excluding hydrogens is 182 g/mol. The van der Waals surface area contributed by atoms with Crippen molar-refractivity contribution in [3.05, 3.63) is 0 Å². The minimum atomic E-state index is -0.779. The topological polar surface area (TPSA) is 67.0 Å². The van der Waals surface area contributed by atoms with E-state index in [1.807, 2.05) is 6.92 Å². The molecule has 0 aromatic rings. The predicted octanol–water partition coefficient (Wildman–Crippen LogP) is 1.71. The van der Waals surface area contributed by atoms with Crippen molar-refractivity contribution in [2.45, 2.75) is 25.9 Å². The first-order chi connectivity index (χ1) is 6.66. The van der Waals surface area contributed by atoms with Crippen LogP contribution in [0, 0.1) is 17.2 Å². The van der Waals surface area contributed by atoms with Gasteiger partial charge < -0.3 is 9.47 Å². The van der Waals surface area contributed by atoms with Crippen molar-refractivity contribution in [1.29, 1.82) is 5.26 Å². The number of hydrogen-bond donors (Lipinski definition) is 0. The van der Waals surface area contributed by atoms with E-state index in [-0.39, 0.29) is 19.4 Å². The quantitative estimate of drug-likeness (QED) is 0.593. The van der Waals surface area contributed by atoms with Crippen LogP contribution in [-0.2, 0) is 9.47 Å². The zero-order chi connectivity index (χ0) is 10.4. The van der Waals surface area contributed by atoms with E-state index in [1.54, 1.807) is 6.92 Å². The molecule has 78 valence electrons. The molecule has 2 unspecified atom stereocenters. The highest BCUT2D eigenvalue weighted by atomic mass is 16.5. The first kappa shape index (κ1) is 11.1. The molecule has 0 aromatic carbocycles. The average Bonchev–Trinajstić information content (AvgIpc) is 2.16. The van der Waals surface area contributed by atoms with E-state index in [9.17, 15) is 0 Å². The maximum Gasteiger partial charge on any atom is 0.160 e. The van der Waals surface area contributed by atoms with Gasteiger partial charge in [0.25, 0.3) is 0 Å². The third-order valence-corrected chi connectivity index (χ3v) is 2.07. The molecule has 0 bridgehead atoms. The maximum absolute atomic E-state index is 8.96. The van der Waals surface area contributed by atoms with Crippen molar-refractivity contribution in [2.75, 3.05) is 20.1 Å². The summed E-state index contributed by atoms with van der Waals surface area (Å²) in [6, 6.07) is 2.15. The summed E-state index contributed by atoms with van der Waals surface area (Å²) in [7, 11) is 0. The van der Waals surface area contributed by atoms with Crippen LogP contribution in [0.25, 0.3) is 0 Å². The largest absolute Gasteiger partial charge is 0.357 e. The molecule has 1 heterocycles. The monoisotopic (exact) mass is 197 g/mol. The lowest BCUT2D eigenvalue weighted by atomic mass is 9.95. The Balaban J connectivity index is 2.62. The highest BCUT2D eigenvalue weighted by Crippen LogP contribution is 2.21. The minimum absolute atomic E-state index is 0.125. The summed E-state index contributed by atoms with van der Waals surface area (Å²) >= 11 is 0. The first-order valence-corrected chi connectivity index (χ1v) is 4.62. The Hall–Kier alpha value is -0.990. The Kier molecular flexibility index (Phi) is 3.98. The van der Waals surface area contributed by atoms with Gasteiger partial charge in [0.2, 0.25) is 0 Å². The number of azo groups is 1. The molecule has 0 aromatic heterocycles. The van der Waals surface area contributed by atoms with Crippen LogP contribution in [0.1, 0.15) is 20.3 Å². The first-order valence-electron chi connectivity index (χ1n) is 4.62. The van der Waals surface area contributed by atoms with E-state index in [1.165, 1.54) is 0 Å². The molecular formula is C9H15N3O2. The number of rotatable bonds is 0. The summed E-state index contributed by atoms with van der Waals surface area (Å²) in [6.07, 6.45) is 0.652. The lowest BCUT2D eigenvalue weighted by Crippen LogP contribution is -2.31. The van der Waals surface area contributed by atoms with Gasteiger partial charge in [-0.3, -0.25) is 0 Å². The number of nitrogens with zero attached hydrogens (tertiary/aromatic N) is 3. The molecule has 0 spiro atoms. The van der Waals surface area contributed by atoms with Gasteiger partial charge >= 0.3 is 0 Å². The zero-order valence-corrected chi connectivity index (χ0v) is 8.56. The number of hydrogen-bond acceptors (Lipinski definition) is 5. The van der Waals surface area contributed by atoms with Crippen LogP contribution in [0.3, 0.4) is 0 Å². The van der Waals surface area contributed by atoms with Crippen molar-refractivity contribution in [1.82, 2.24) is 0 Å². The molecule has 0 saturated heterocycles. The molecule has 0 fully saturated rings. The van der Waals surface area contributed by atoms with Gasteiger partial charge in [-0.15, -0.1) is 0 Å². The van der Waals surface area contributed by atoms with E-state index in [2.05, 4.69) is 16.3 Å². The van der Waals surface area contributed by atoms with Gasteiger partial charge in [-0.2, -0.15) is 15.5 Å². The second-order valence-corrected chi connectivity index (χ2v) is 3.71. The fraction of sp³-hybridized carbons (Fsp3) is 0.889. The van der Waals surface area contributed by atoms with Crippen molar-refractivity contribution in [2.24, 2.45) is 16.1 Å². The zero-order valence-electron chi connectivity index (χ0n) is 8.56. The van der Waals surface area contributed by atoms with Gasteiger partial charge in [-0.1, -0.05) is 6.92 Å². The summed E-state index contributed by atoms with van der Waals surface area (Å²) in [4.78, 5) is 0. The molecule has 14 heavy (non-hydrogen) atoms. The third-order valence-electron chi connectivity index (χ3n) is 2.07. The second-order valence-electron chi connectivity index (χ2n) is 3.71. The summed E-state index contributed by atoms with van der Waals surface area (Å²) in [5.41, 5.74) is -0.779. The van der Waals surface area contributed by atoms with Gasteiger partial charge in [0, 0.05) is 0 Å². The summed E-state index contributed by atoms with van der Waals surface area (Å²) in [5.74, 6) is 0.285. The van der Waals surface area contributed by atoms with Crippen LogP contribution in [0.2, 0.25) is 0 Å². The predicted molar refractivity (Wildman–Crippen MR) is 49.4 cm³/mol. The van der Waals surface area contributed by atoms with E-state index in [0.29, 0.717) is 13.0 Å². The van der Waals surface area contributed by atoms with E-state index < -0.39 is 5.60 Å². The lowest BCUT2D eigenvalue weighted by molar-refractivity contribution is -0.0216. The fourth-order valence-electron chi connectivity index (χ4n) is 1.41. The Bertz CT molecular complexity index is 249. The fourth-order valence-corrected chi connectivity index (χ4v) is 1.41. The van der Waals surface area contributed by atoms with Crippen LogP contribution in [0.4, 0.5) is 0 Å². The van der Waals surface area contributed by atoms with Gasteiger partial charge in [0.15, 0.2) is 19.1 Å².